The number of nitrogens with zero attached hydrogens (tertiary/aromatic N) is 1. The van der Waals surface area contributed by atoms with Crippen molar-refractivity contribution in [3.63, 3.8) is 0 Å². The molecule has 2 heterocycles. The predicted octanol–water partition coefficient (Wildman–Crippen LogP) is 6.32. The molecule has 3 aromatic carbocycles. The standard InChI is InChI=1S/C28H28N2O/c1-19-5-3-7-21(15-19)22-9-10-23-18-27(24-8-4-6-20(2)16-24)30-28(26(23)17-22)31-25-11-13-29-14-12-25/h3-10,15-18,25,29H,11-14H2,1-2H3. The molecular weight excluding hydrogens is 380 g/mol. The summed E-state index contributed by atoms with van der Waals surface area (Å²) in [7, 11) is 0. The molecule has 156 valence electrons. The molecule has 0 aliphatic carbocycles. The van der Waals surface area contributed by atoms with Crippen LogP contribution in [0.25, 0.3) is 33.2 Å². The number of benzene rings is 3. The summed E-state index contributed by atoms with van der Waals surface area (Å²) in [4.78, 5) is 5.02. The Hall–Kier alpha value is -3.17. The fourth-order valence-electron chi connectivity index (χ4n) is 4.33. The van der Waals surface area contributed by atoms with Gasteiger partial charge in [0.05, 0.1) is 5.69 Å². The second-order valence-corrected chi connectivity index (χ2v) is 8.55. The van der Waals surface area contributed by atoms with E-state index in [0.29, 0.717) is 0 Å². The zero-order chi connectivity index (χ0) is 21.2. The molecule has 0 saturated carbocycles. The summed E-state index contributed by atoms with van der Waals surface area (Å²) in [6, 6.07) is 25.9. The van der Waals surface area contributed by atoms with E-state index in [-0.39, 0.29) is 6.10 Å². The molecule has 1 aliphatic rings. The highest BCUT2D eigenvalue weighted by Crippen LogP contribution is 2.34. The molecule has 5 rings (SSSR count). The number of pyridine rings is 1. The van der Waals surface area contributed by atoms with E-state index in [1.165, 1.54) is 22.3 Å². The number of aryl methyl sites for hydroxylation is 2. The summed E-state index contributed by atoms with van der Waals surface area (Å²) in [5.74, 6) is 0.746. The number of hydrogen-bond donors (Lipinski definition) is 1. The summed E-state index contributed by atoms with van der Waals surface area (Å²) in [5.41, 5.74) is 6.99. The van der Waals surface area contributed by atoms with Crippen molar-refractivity contribution >= 4 is 10.8 Å². The number of aromatic nitrogens is 1. The van der Waals surface area contributed by atoms with Crippen LogP contribution in [-0.4, -0.2) is 24.2 Å². The van der Waals surface area contributed by atoms with Crippen molar-refractivity contribution in [1.82, 2.24) is 10.3 Å². The number of nitrogens with one attached hydrogen (secondary N) is 1. The number of piperidine rings is 1. The molecule has 1 aliphatic heterocycles. The predicted molar refractivity (Wildman–Crippen MR) is 129 cm³/mol. The molecule has 0 spiro atoms. The maximum Gasteiger partial charge on any atom is 0.222 e. The van der Waals surface area contributed by atoms with Crippen molar-refractivity contribution in [2.45, 2.75) is 32.8 Å². The monoisotopic (exact) mass is 408 g/mol. The molecule has 1 aromatic heterocycles. The first-order valence-electron chi connectivity index (χ1n) is 11.1. The molecule has 0 bridgehead atoms. The van der Waals surface area contributed by atoms with Crippen molar-refractivity contribution in [3.8, 4) is 28.3 Å². The Morgan fingerprint density at radius 2 is 1.45 bits per heavy atom. The number of hydrogen-bond acceptors (Lipinski definition) is 3. The van der Waals surface area contributed by atoms with Crippen LogP contribution in [0.5, 0.6) is 5.88 Å². The molecule has 0 unspecified atom stereocenters. The van der Waals surface area contributed by atoms with E-state index in [1.807, 2.05) is 0 Å². The van der Waals surface area contributed by atoms with Gasteiger partial charge >= 0.3 is 0 Å². The lowest BCUT2D eigenvalue weighted by Gasteiger charge is -2.24. The Morgan fingerprint density at radius 1 is 0.774 bits per heavy atom. The Kier molecular flexibility index (Phi) is 5.44. The highest BCUT2D eigenvalue weighted by molar-refractivity contribution is 5.93. The van der Waals surface area contributed by atoms with Gasteiger partial charge in [-0.3, -0.25) is 0 Å². The zero-order valence-electron chi connectivity index (χ0n) is 18.2. The van der Waals surface area contributed by atoms with Crippen LogP contribution in [-0.2, 0) is 0 Å². The Balaban J connectivity index is 1.63. The van der Waals surface area contributed by atoms with E-state index in [1.54, 1.807) is 0 Å². The minimum Gasteiger partial charge on any atom is -0.474 e. The third-order valence-corrected chi connectivity index (χ3v) is 6.03. The first kappa shape index (κ1) is 19.8. The lowest BCUT2D eigenvalue weighted by atomic mass is 9.99. The molecule has 0 radical (unpaired) electrons. The third-order valence-electron chi connectivity index (χ3n) is 6.03. The van der Waals surface area contributed by atoms with Gasteiger partial charge in [-0.15, -0.1) is 0 Å². The summed E-state index contributed by atoms with van der Waals surface area (Å²) < 4.78 is 6.52. The van der Waals surface area contributed by atoms with E-state index in [4.69, 9.17) is 9.72 Å². The van der Waals surface area contributed by atoms with Gasteiger partial charge in [0.1, 0.15) is 6.10 Å². The van der Waals surface area contributed by atoms with Gasteiger partial charge in [0.2, 0.25) is 5.88 Å². The lowest BCUT2D eigenvalue weighted by molar-refractivity contribution is 0.158. The number of rotatable bonds is 4. The molecule has 0 atom stereocenters. The van der Waals surface area contributed by atoms with Crippen LogP contribution in [0.1, 0.15) is 24.0 Å². The average molecular weight is 409 g/mol. The smallest absolute Gasteiger partial charge is 0.222 e. The Morgan fingerprint density at radius 3 is 2.19 bits per heavy atom. The first-order valence-corrected chi connectivity index (χ1v) is 11.1. The van der Waals surface area contributed by atoms with Crippen LogP contribution in [0.3, 0.4) is 0 Å². The van der Waals surface area contributed by atoms with Crippen molar-refractivity contribution in [1.29, 1.82) is 0 Å². The maximum absolute atomic E-state index is 6.52. The maximum atomic E-state index is 6.52. The molecule has 3 heteroatoms. The van der Waals surface area contributed by atoms with Crippen molar-refractivity contribution in [2.75, 3.05) is 13.1 Å². The van der Waals surface area contributed by atoms with Gasteiger partial charge in [0, 0.05) is 10.9 Å². The second kappa shape index (κ2) is 8.52. The molecule has 3 nitrogen and oxygen atoms in total. The largest absolute Gasteiger partial charge is 0.474 e. The van der Waals surface area contributed by atoms with E-state index in [0.717, 1.165) is 53.8 Å². The lowest BCUT2D eigenvalue weighted by Crippen LogP contribution is -2.34. The first-order chi connectivity index (χ1) is 15.2. The second-order valence-electron chi connectivity index (χ2n) is 8.55. The molecule has 1 fully saturated rings. The van der Waals surface area contributed by atoms with Gasteiger partial charge in [-0.25, -0.2) is 4.98 Å². The molecule has 4 aromatic rings. The van der Waals surface area contributed by atoms with E-state index < -0.39 is 0 Å². The number of fused-ring (bicyclic) bond motifs is 1. The van der Waals surface area contributed by atoms with Gasteiger partial charge in [-0.2, -0.15) is 0 Å². The van der Waals surface area contributed by atoms with Crippen molar-refractivity contribution in [3.05, 3.63) is 83.9 Å². The quantitative estimate of drug-likeness (QED) is 0.429. The molecule has 0 amide bonds. The van der Waals surface area contributed by atoms with Crippen LogP contribution in [0, 0.1) is 13.8 Å². The highest BCUT2D eigenvalue weighted by atomic mass is 16.5. The Labute approximate surface area is 184 Å². The summed E-state index contributed by atoms with van der Waals surface area (Å²) in [6.45, 7) is 6.24. The van der Waals surface area contributed by atoms with Gasteiger partial charge < -0.3 is 10.1 Å². The third kappa shape index (κ3) is 4.33. The minimum absolute atomic E-state index is 0.201. The fourth-order valence-corrected chi connectivity index (χ4v) is 4.33. The molecule has 31 heavy (non-hydrogen) atoms. The normalized spacial score (nSPS) is 14.6. The number of ether oxygens (including phenoxy) is 1. The SMILES string of the molecule is Cc1cccc(-c2ccc3cc(-c4cccc(C)c4)nc(OC4CCNCC4)c3c2)c1. The van der Waals surface area contributed by atoms with E-state index >= 15 is 0 Å². The summed E-state index contributed by atoms with van der Waals surface area (Å²) >= 11 is 0. The molecular formula is C28H28N2O. The van der Waals surface area contributed by atoms with Crippen LogP contribution in [0.15, 0.2) is 72.8 Å². The highest BCUT2D eigenvalue weighted by Gasteiger charge is 2.18. The van der Waals surface area contributed by atoms with Gasteiger partial charge in [0.15, 0.2) is 0 Å². The Bertz CT molecular complexity index is 1220. The summed E-state index contributed by atoms with van der Waals surface area (Å²) in [5, 5.41) is 5.65. The van der Waals surface area contributed by atoms with Crippen LogP contribution in [0.4, 0.5) is 0 Å². The van der Waals surface area contributed by atoms with Gasteiger partial charge in [-0.05, 0) is 74.5 Å². The van der Waals surface area contributed by atoms with Crippen LogP contribution >= 0.6 is 0 Å². The van der Waals surface area contributed by atoms with Crippen LogP contribution < -0.4 is 10.1 Å². The molecule has 1 saturated heterocycles. The van der Waals surface area contributed by atoms with Crippen molar-refractivity contribution in [2.24, 2.45) is 0 Å². The zero-order valence-corrected chi connectivity index (χ0v) is 18.2. The fraction of sp³-hybridized carbons (Fsp3) is 0.250. The van der Waals surface area contributed by atoms with Gasteiger partial charge in [-0.1, -0.05) is 65.7 Å². The summed E-state index contributed by atoms with van der Waals surface area (Å²) in [6.07, 6.45) is 2.22. The van der Waals surface area contributed by atoms with E-state index in [2.05, 4.69) is 92.0 Å². The molecule has 1 N–H and O–H groups in total. The van der Waals surface area contributed by atoms with Crippen molar-refractivity contribution < 1.29 is 4.74 Å². The minimum atomic E-state index is 0.201. The average Bonchev–Trinajstić information content (AvgIpc) is 2.79. The van der Waals surface area contributed by atoms with Crippen LogP contribution in [0.2, 0.25) is 0 Å². The van der Waals surface area contributed by atoms with Gasteiger partial charge in [0.25, 0.3) is 0 Å². The topological polar surface area (TPSA) is 34.1 Å². The van der Waals surface area contributed by atoms with E-state index in [9.17, 15) is 0 Å².